The van der Waals surface area contributed by atoms with Gasteiger partial charge in [0.2, 0.25) is 0 Å². The maximum absolute atomic E-state index is 5.51. The number of ether oxygens (including phenoxy) is 1. The largest absolute Gasteiger partial charge is 0.374 e. The molecule has 1 aromatic carbocycles. The smallest absolute Gasteiger partial charge is 0.0720 e. The molecular weight excluding hydrogens is 228 g/mol. The molecule has 0 saturated heterocycles. The summed E-state index contributed by atoms with van der Waals surface area (Å²) in [5, 5.41) is 0.905. The fourth-order valence-corrected chi connectivity index (χ4v) is 1.41. The molecular formula is C11H15BrO. The van der Waals surface area contributed by atoms with Crippen molar-refractivity contribution in [3.8, 4) is 0 Å². The fourth-order valence-electron chi connectivity index (χ4n) is 1.07. The van der Waals surface area contributed by atoms with Gasteiger partial charge >= 0.3 is 0 Å². The van der Waals surface area contributed by atoms with E-state index in [9.17, 15) is 0 Å². The molecule has 0 atom stereocenters. The second-order valence-corrected chi connectivity index (χ2v) is 3.87. The summed E-state index contributed by atoms with van der Waals surface area (Å²) in [4.78, 5) is 0. The van der Waals surface area contributed by atoms with Gasteiger partial charge in [0.05, 0.1) is 12.7 Å². The summed E-state index contributed by atoms with van der Waals surface area (Å²) in [5.41, 5.74) is 2.54. The normalized spacial score (nSPS) is 10.8. The van der Waals surface area contributed by atoms with Gasteiger partial charge in [-0.3, -0.25) is 0 Å². The number of benzene rings is 1. The van der Waals surface area contributed by atoms with Gasteiger partial charge in [-0.25, -0.2) is 0 Å². The number of hydrogen-bond acceptors (Lipinski definition) is 1. The van der Waals surface area contributed by atoms with Crippen LogP contribution < -0.4 is 0 Å². The van der Waals surface area contributed by atoms with Crippen LogP contribution in [0.15, 0.2) is 24.3 Å². The van der Waals surface area contributed by atoms with E-state index in [1.165, 1.54) is 11.1 Å². The van der Waals surface area contributed by atoms with E-state index < -0.39 is 0 Å². The second kappa shape index (κ2) is 5.40. The summed E-state index contributed by atoms with van der Waals surface area (Å²) in [6.45, 7) is 4.81. The Kier molecular flexibility index (Phi) is 4.46. The van der Waals surface area contributed by atoms with Crippen molar-refractivity contribution in [1.29, 1.82) is 0 Å². The molecule has 0 radical (unpaired) electrons. The minimum atomic E-state index is 0.299. The molecule has 1 nitrogen and oxygen atoms in total. The second-order valence-electron chi connectivity index (χ2n) is 3.31. The third-order valence-electron chi connectivity index (χ3n) is 1.73. The van der Waals surface area contributed by atoms with Gasteiger partial charge < -0.3 is 4.74 Å². The molecule has 72 valence electrons. The first-order valence-corrected chi connectivity index (χ1v) is 5.60. The summed E-state index contributed by atoms with van der Waals surface area (Å²) in [7, 11) is 0. The highest BCUT2D eigenvalue weighted by Crippen LogP contribution is 2.10. The standard InChI is InChI=1S/C11H15BrO/c1-9(2)13-8-11-5-3-4-10(6-11)7-12/h3-6,9H,7-8H2,1-2H3. The molecule has 1 aromatic rings. The highest BCUT2D eigenvalue weighted by Gasteiger charge is 1.97. The van der Waals surface area contributed by atoms with Crippen LogP contribution in [-0.2, 0) is 16.7 Å². The monoisotopic (exact) mass is 242 g/mol. The first-order valence-electron chi connectivity index (χ1n) is 4.47. The number of halogens is 1. The van der Waals surface area contributed by atoms with E-state index in [1.54, 1.807) is 0 Å². The molecule has 0 saturated carbocycles. The van der Waals surface area contributed by atoms with Crippen LogP contribution in [0.5, 0.6) is 0 Å². The average Bonchev–Trinajstić information content (AvgIpc) is 2.15. The minimum Gasteiger partial charge on any atom is -0.374 e. The molecule has 0 aliphatic carbocycles. The lowest BCUT2D eigenvalue weighted by molar-refractivity contribution is 0.0657. The quantitative estimate of drug-likeness (QED) is 0.735. The molecule has 0 N–H and O–H groups in total. The molecule has 0 spiro atoms. The van der Waals surface area contributed by atoms with Crippen molar-refractivity contribution in [3.05, 3.63) is 35.4 Å². The Hall–Kier alpha value is -0.340. The van der Waals surface area contributed by atoms with Crippen molar-refractivity contribution in [3.63, 3.8) is 0 Å². The Morgan fingerprint density at radius 2 is 2.00 bits per heavy atom. The van der Waals surface area contributed by atoms with Gasteiger partial charge in [-0.2, -0.15) is 0 Å². The van der Waals surface area contributed by atoms with Crippen LogP contribution in [0.4, 0.5) is 0 Å². The summed E-state index contributed by atoms with van der Waals surface area (Å²) < 4.78 is 5.51. The van der Waals surface area contributed by atoms with Gasteiger partial charge in [-0.15, -0.1) is 0 Å². The van der Waals surface area contributed by atoms with Gasteiger partial charge in [-0.1, -0.05) is 40.2 Å². The predicted molar refractivity (Wildman–Crippen MR) is 59.0 cm³/mol. The molecule has 0 bridgehead atoms. The molecule has 0 aliphatic heterocycles. The molecule has 0 aromatic heterocycles. The third-order valence-corrected chi connectivity index (χ3v) is 2.38. The van der Waals surface area contributed by atoms with Crippen LogP contribution >= 0.6 is 15.9 Å². The summed E-state index contributed by atoms with van der Waals surface area (Å²) in [6, 6.07) is 8.43. The Bertz CT molecular complexity index is 258. The maximum atomic E-state index is 5.51. The Labute approximate surface area is 88.2 Å². The van der Waals surface area contributed by atoms with Gasteiger partial charge in [0.1, 0.15) is 0 Å². The van der Waals surface area contributed by atoms with E-state index in [2.05, 4.69) is 40.2 Å². The minimum absolute atomic E-state index is 0.299. The predicted octanol–water partition coefficient (Wildman–Crippen LogP) is 3.51. The SMILES string of the molecule is CC(C)OCc1cccc(CBr)c1. The zero-order chi connectivity index (χ0) is 9.68. The van der Waals surface area contributed by atoms with Crippen LogP contribution in [0.1, 0.15) is 25.0 Å². The van der Waals surface area contributed by atoms with E-state index in [-0.39, 0.29) is 0 Å². The lowest BCUT2D eigenvalue weighted by Gasteiger charge is -2.07. The van der Waals surface area contributed by atoms with Crippen molar-refractivity contribution < 1.29 is 4.74 Å². The van der Waals surface area contributed by atoms with Crippen LogP contribution in [-0.4, -0.2) is 6.10 Å². The molecule has 13 heavy (non-hydrogen) atoms. The number of alkyl halides is 1. The highest BCUT2D eigenvalue weighted by molar-refractivity contribution is 9.08. The first-order chi connectivity index (χ1) is 6.22. The maximum Gasteiger partial charge on any atom is 0.0720 e. The van der Waals surface area contributed by atoms with E-state index in [4.69, 9.17) is 4.74 Å². The highest BCUT2D eigenvalue weighted by atomic mass is 79.9. The zero-order valence-corrected chi connectivity index (χ0v) is 9.67. The van der Waals surface area contributed by atoms with Crippen molar-refractivity contribution in [1.82, 2.24) is 0 Å². The van der Waals surface area contributed by atoms with Crippen LogP contribution in [0, 0.1) is 0 Å². The number of hydrogen-bond donors (Lipinski definition) is 0. The molecule has 2 heteroatoms. The van der Waals surface area contributed by atoms with E-state index in [0.717, 1.165) is 5.33 Å². The van der Waals surface area contributed by atoms with Gasteiger partial charge in [0.25, 0.3) is 0 Å². The van der Waals surface area contributed by atoms with Crippen molar-refractivity contribution in [2.24, 2.45) is 0 Å². The topological polar surface area (TPSA) is 9.23 Å². The summed E-state index contributed by atoms with van der Waals surface area (Å²) >= 11 is 3.43. The van der Waals surface area contributed by atoms with E-state index in [1.807, 2.05) is 13.8 Å². The van der Waals surface area contributed by atoms with Crippen LogP contribution in [0.2, 0.25) is 0 Å². The molecule has 0 fully saturated rings. The number of rotatable bonds is 4. The van der Waals surface area contributed by atoms with Crippen molar-refractivity contribution in [2.75, 3.05) is 0 Å². The van der Waals surface area contributed by atoms with Crippen molar-refractivity contribution in [2.45, 2.75) is 31.9 Å². The molecule has 0 heterocycles. The molecule has 1 rings (SSSR count). The van der Waals surface area contributed by atoms with Gasteiger partial charge in [-0.05, 0) is 25.0 Å². The van der Waals surface area contributed by atoms with Gasteiger partial charge in [0, 0.05) is 5.33 Å². The third kappa shape index (κ3) is 3.92. The lowest BCUT2D eigenvalue weighted by atomic mass is 10.1. The Morgan fingerprint density at radius 1 is 1.31 bits per heavy atom. The molecule has 0 amide bonds. The lowest BCUT2D eigenvalue weighted by Crippen LogP contribution is -2.02. The van der Waals surface area contributed by atoms with Crippen LogP contribution in [0.25, 0.3) is 0 Å². The zero-order valence-electron chi connectivity index (χ0n) is 8.09. The summed E-state index contributed by atoms with van der Waals surface area (Å²) in [6.07, 6.45) is 0.299. The van der Waals surface area contributed by atoms with Gasteiger partial charge in [0.15, 0.2) is 0 Å². The fraction of sp³-hybridized carbons (Fsp3) is 0.455. The first kappa shape index (κ1) is 10.7. The average molecular weight is 243 g/mol. The van der Waals surface area contributed by atoms with E-state index >= 15 is 0 Å². The Balaban J connectivity index is 2.56. The summed E-state index contributed by atoms with van der Waals surface area (Å²) in [5.74, 6) is 0. The molecule has 0 aliphatic rings. The Morgan fingerprint density at radius 3 is 2.62 bits per heavy atom. The van der Waals surface area contributed by atoms with Crippen molar-refractivity contribution >= 4 is 15.9 Å². The van der Waals surface area contributed by atoms with E-state index in [0.29, 0.717) is 12.7 Å². The molecule has 0 unspecified atom stereocenters. The van der Waals surface area contributed by atoms with Crippen LogP contribution in [0.3, 0.4) is 0 Å².